The molecule has 0 saturated heterocycles. The van der Waals surface area contributed by atoms with E-state index in [4.69, 9.17) is 5.73 Å². The lowest BCUT2D eigenvalue weighted by Gasteiger charge is -2.36. The van der Waals surface area contributed by atoms with Gasteiger partial charge in [-0.2, -0.15) is 0 Å². The first-order valence-corrected chi connectivity index (χ1v) is 8.29. The summed E-state index contributed by atoms with van der Waals surface area (Å²) in [4.78, 5) is 15.0. The number of nitrogen functional groups attached to an aromatic ring is 1. The highest BCUT2D eigenvalue weighted by atomic mass is 35.5. The molecule has 0 aromatic heterocycles. The molecule has 1 aromatic rings. The molecule has 2 aliphatic rings. The number of benzene rings is 1. The van der Waals surface area contributed by atoms with Crippen LogP contribution in [-0.4, -0.2) is 22.9 Å². The molecule has 122 valence electrons. The van der Waals surface area contributed by atoms with Crippen molar-refractivity contribution in [1.29, 1.82) is 0 Å². The van der Waals surface area contributed by atoms with Crippen molar-refractivity contribution in [3.05, 3.63) is 29.8 Å². The maximum absolute atomic E-state index is 12.8. The van der Waals surface area contributed by atoms with Crippen molar-refractivity contribution in [2.45, 2.75) is 64.0 Å². The Labute approximate surface area is 139 Å². The second-order valence-electron chi connectivity index (χ2n) is 6.86. The van der Waals surface area contributed by atoms with Crippen LogP contribution in [0.15, 0.2) is 24.3 Å². The molecule has 2 saturated carbocycles. The summed E-state index contributed by atoms with van der Waals surface area (Å²) >= 11 is 0. The Kier molecular flexibility index (Phi) is 5.74. The van der Waals surface area contributed by atoms with Crippen molar-refractivity contribution in [2.24, 2.45) is 5.92 Å². The molecule has 0 radical (unpaired) electrons. The normalized spacial score (nSPS) is 24.4. The van der Waals surface area contributed by atoms with Gasteiger partial charge in [-0.1, -0.05) is 19.1 Å². The Morgan fingerprint density at radius 3 is 2.05 bits per heavy atom. The third kappa shape index (κ3) is 4.16. The fourth-order valence-electron chi connectivity index (χ4n) is 3.48. The summed E-state index contributed by atoms with van der Waals surface area (Å²) in [6, 6.07) is 8.71. The van der Waals surface area contributed by atoms with Gasteiger partial charge >= 0.3 is 0 Å². The van der Waals surface area contributed by atoms with Crippen molar-refractivity contribution in [3.8, 4) is 0 Å². The molecule has 1 aromatic carbocycles. The van der Waals surface area contributed by atoms with Crippen LogP contribution >= 0.6 is 12.4 Å². The molecular weight excluding hydrogens is 296 g/mol. The predicted octanol–water partition coefficient (Wildman–Crippen LogP) is 3.80. The summed E-state index contributed by atoms with van der Waals surface area (Å²) in [7, 11) is 0. The van der Waals surface area contributed by atoms with Gasteiger partial charge in [0.2, 0.25) is 5.91 Å². The Balaban J connectivity index is 0.00000176. The Hall–Kier alpha value is -1.22. The molecule has 3 rings (SSSR count). The molecule has 2 fully saturated rings. The van der Waals surface area contributed by atoms with E-state index < -0.39 is 0 Å². The van der Waals surface area contributed by atoms with Gasteiger partial charge in [0.05, 0.1) is 6.42 Å². The van der Waals surface area contributed by atoms with Gasteiger partial charge in [0.25, 0.3) is 0 Å². The number of carbonyl (C=O) groups is 1. The lowest BCUT2D eigenvalue weighted by molar-refractivity contribution is -0.134. The predicted molar refractivity (Wildman–Crippen MR) is 93.1 cm³/mol. The van der Waals surface area contributed by atoms with Crippen LogP contribution in [-0.2, 0) is 11.2 Å². The van der Waals surface area contributed by atoms with Gasteiger partial charge in [0.1, 0.15) is 0 Å². The van der Waals surface area contributed by atoms with Gasteiger partial charge in [-0.05, 0) is 62.1 Å². The molecule has 0 aliphatic heterocycles. The molecule has 1 amide bonds. The summed E-state index contributed by atoms with van der Waals surface area (Å²) in [6.07, 6.45) is 7.81. The molecule has 4 heteroatoms. The van der Waals surface area contributed by atoms with Crippen LogP contribution in [0.1, 0.15) is 51.0 Å². The van der Waals surface area contributed by atoms with E-state index >= 15 is 0 Å². The molecule has 0 atom stereocenters. The van der Waals surface area contributed by atoms with E-state index in [1.165, 1.54) is 38.5 Å². The molecule has 2 N–H and O–H groups in total. The van der Waals surface area contributed by atoms with Crippen molar-refractivity contribution in [1.82, 2.24) is 4.90 Å². The first kappa shape index (κ1) is 17.1. The Morgan fingerprint density at radius 2 is 1.55 bits per heavy atom. The Morgan fingerprint density at radius 1 is 1.05 bits per heavy atom. The quantitative estimate of drug-likeness (QED) is 0.857. The van der Waals surface area contributed by atoms with Crippen LogP contribution in [0.3, 0.4) is 0 Å². The fourth-order valence-corrected chi connectivity index (χ4v) is 3.48. The lowest BCUT2D eigenvalue weighted by atomic mass is 9.86. The summed E-state index contributed by atoms with van der Waals surface area (Å²) in [5, 5.41) is 0. The highest BCUT2D eigenvalue weighted by Gasteiger charge is 2.38. The van der Waals surface area contributed by atoms with E-state index in [-0.39, 0.29) is 12.4 Å². The number of rotatable bonds is 4. The number of nitrogens with two attached hydrogens (primary N) is 1. The van der Waals surface area contributed by atoms with Crippen LogP contribution in [0.2, 0.25) is 0 Å². The average Bonchev–Trinajstić information content (AvgIpc) is 3.29. The molecule has 0 spiro atoms. The first-order valence-electron chi connectivity index (χ1n) is 8.29. The maximum atomic E-state index is 12.8. The fraction of sp³-hybridized carbons (Fsp3) is 0.611. The zero-order chi connectivity index (χ0) is 14.8. The first-order chi connectivity index (χ1) is 10.1. The smallest absolute Gasteiger partial charge is 0.227 e. The van der Waals surface area contributed by atoms with Crippen molar-refractivity contribution in [3.63, 3.8) is 0 Å². The number of nitrogens with zero attached hydrogens (tertiary/aromatic N) is 1. The minimum Gasteiger partial charge on any atom is -0.399 e. The number of halogens is 1. The van der Waals surface area contributed by atoms with Crippen molar-refractivity contribution >= 4 is 24.0 Å². The lowest BCUT2D eigenvalue weighted by Crippen LogP contribution is -2.44. The van der Waals surface area contributed by atoms with Crippen LogP contribution in [0.5, 0.6) is 0 Å². The van der Waals surface area contributed by atoms with E-state index in [0.717, 1.165) is 17.2 Å². The highest BCUT2D eigenvalue weighted by molar-refractivity contribution is 5.85. The molecule has 2 aliphatic carbocycles. The third-order valence-corrected chi connectivity index (χ3v) is 4.94. The number of anilines is 1. The van der Waals surface area contributed by atoms with E-state index in [2.05, 4.69) is 11.8 Å². The summed E-state index contributed by atoms with van der Waals surface area (Å²) in [6.45, 7) is 2.33. The zero-order valence-corrected chi connectivity index (χ0v) is 14.1. The molecule has 0 heterocycles. The molecule has 0 bridgehead atoms. The van der Waals surface area contributed by atoms with Gasteiger partial charge in [-0.3, -0.25) is 4.79 Å². The minimum absolute atomic E-state index is 0. The number of carbonyl (C=O) groups excluding carboxylic acids is 1. The number of amides is 1. The van der Waals surface area contributed by atoms with E-state index in [0.29, 0.717) is 24.4 Å². The second-order valence-corrected chi connectivity index (χ2v) is 6.86. The molecule has 0 unspecified atom stereocenters. The second kappa shape index (κ2) is 7.36. The van der Waals surface area contributed by atoms with E-state index in [1.807, 2.05) is 24.3 Å². The minimum atomic E-state index is 0. The van der Waals surface area contributed by atoms with Crippen molar-refractivity contribution < 1.29 is 4.79 Å². The molecular formula is C18H27ClN2O. The SMILES string of the molecule is CC1CCC(N(C(=O)Cc2ccc(N)cc2)C2CC2)CC1.Cl. The highest BCUT2D eigenvalue weighted by Crippen LogP contribution is 2.35. The van der Waals surface area contributed by atoms with Gasteiger partial charge in [-0.15, -0.1) is 12.4 Å². The van der Waals surface area contributed by atoms with E-state index in [1.54, 1.807) is 0 Å². The molecule has 3 nitrogen and oxygen atoms in total. The van der Waals surface area contributed by atoms with Crippen LogP contribution in [0, 0.1) is 5.92 Å². The standard InChI is InChI=1S/C18H26N2O.ClH/c1-13-2-8-16(9-3-13)20(17-10-11-17)18(21)12-14-4-6-15(19)7-5-14;/h4-7,13,16-17H,2-3,8-12,19H2,1H3;1H. The average molecular weight is 323 g/mol. The van der Waals surface area contributed by atoms with Gasteiger partial charge in [0.15, 0.2) is 0 Å². The maximum Gasteiger partial charge on any atom is 0.227 e. The zero-order valence-electron chi connectivity index (χ0n) is 13.3. The summed E-state index contributed by atoms with van der Waals surface area (Å²) in [5.74, 6) is 1.14. The summed E-state index contributed by atoms with van der Waals surface area (Å²) < 4.78 is 0. The monoisotopic (exact) mass is 322 g/mol. The Bertz CT molecular complexity index is 490. The summed E-state index contributed by atoms with van der Waals surface area (Å²) in [5.41, 5.74) is 7.54. The number of hydrogen-bond acceptors (Lipinski definition) is 2. The van der Waals surface area contributed by atoms with Gasteiger partial charge in [-0.25, -0.2) is 0 Å². The van der Waals surface area contributed by atoms with Gasteiger partial charge in [0, 0.05) is 17.8 Å². The van der Waals surface area contributed by atoms with Crippen LogP contribution in [0.25, 0.3) is 0 Å². The number of hydrogen-bond donors (Lipinski definition) is 1. The van der Waals surface area contributed by atoms with Gasteiger partial charge < -0.3 is 10.6 Å². The van der Waals surface area contributed by atoms with E-state index in [9.17, 15) is 4.79 Å². The molecule has 22 heavy (non-hydrogen) atoms. The van der Waals surface area contributed by atoms with Crippen molar-refractivity contribution in [2.75, 3.05) is 5.73 Å². The topological polar surface area (TPSA) is 46.3 Å². The third-order valence-electron chi connectivity index (χ3n) is 4.94. The largest absolute Gasteiger partial charge is 0.399 e. The van der Waals surface area contributed by atoms with Crippen LogP contribution in [0.4, 0.5) is 5.69 Å². The van der Waals surface area contributed by atoms with Crippen LogP contribution < -0.4 is 5.73 Å².